The molecule has 1 aliphatic rings. The molecule has 0 saturated carbocycles. The Morgan fingerprint density at radius 3 is 2.64 bits per heavy atom. The van der Waals surface area contributed by atoms with Gasteiger partial charge in [0.05, 0.1) is 13.7 Å². The fraction of sp³-hybridized carbons (Fsp3) is 0.611. The van der Waals surface area contributed by atoms with Crippen molar-refractivity contribution in [2.75, 3.05) is 39.8 Å². The number of hydrogen-bond acceptors (Lipinski definition) is 4. The third-order valence-electron chi connectivity index (χ3n) is 4.18. The van der Waals surface area contributed by atoms with E-state index in [1.807, 2.05) is 6.07 Å². The zero-order valence-corrected chi connectivity index (χ0v) is 17.6. The van der Waals surface area contributed by atoms with Gasteiger partial charge in [-0.1, -0.05) is 12.5 Å². The molecule has 0 aromatic heterocycles. The van der Waals surface area contributed by atoms with E-state index in [0.29, 0.717) is 12.3 Å². The summed E-state index contributed by atoms with van der Waals surface area (Å²) >= 11 is 0. The summed E-state index contributed by atoms with van der Waals surface area (Å²) in [5.74, 6) is 1.44. The molecule has 0 bridgehead atoms. The molecule has 7 heteroatoms. The first-order valence-electron chi connectivity index (χ1n) is 8.83. The number of methoxy groups -OCH3 is 1. The number of hydrogen-bond donors (Lipinski definition) is 3. The topological polar surface area (TPSA) is 69.1 Å². The molecule has 3 N–H and O–H groups in total. The molecule has 1 saturated heterocycles. The SMILES string of the molecule is CCNC(=NCc1ccc(OC)c(O)c1)NCCN1CCCCC1.I. The van der Waals surface area contributed by atoms with Gasteiger partial charge in [-0.2, -0.15) is 0 Å². The molecule has 1 aliphatic heterocycles. The average Bonchev–Trinajstić information content (AvgIpc) is 2.60. The molecular weight excluding hydrogens is 431 g/mol. The molecule has 0 spiro atoms. The van der Waals surface area contributed by atoms with E-state index >= 15 is 0 Å². The number of ether oxygens (including phenoxy) is 1. The van der Waals surface area contributed by atoms with Crippen LogP contribution in [0, 0.1) is 0 Å². The van der Waals surface area contributed by atoms with Crippen LogP contribution >= 0.6 is 24.0 Å². The van der Waals surface area contributed by atoms with Crippen molar-refractivity contribution in [3.8, 4) is 11.5 Å². The van der Waals surface area contributed by atoms with Crippen molar-refractivity contribution < 1.29 is 9.84 Å². The third kappa shape index (κ3) is 7.68. The fourth-order valence-corrected chi connectivity index (χ4v) is 2.86. The molecule has 6 nitrogen and oxygen atoms in total. The standard InChI is InChI=1S/C18H30N4O2.HI/c1-3-19-18(20-9-12-22-10-5-4-6-11-22)21-14-15-7-8-17(24-2)16(23)13-15;/h7-8,13,23H,3-6,9-12,14H2,1-2H3,(H2,19,20,21);1H. The predicted molar refractivity (Wildman–Crippen MR) is 113 cm³/mol. The zero-order chi connectivity index (χ0) is 17.2. The first-order chi connectivity index (χ1) is 11.7. The lowest BCUT2D eigenvalue weighted by Crippen LogP contribution is -2.42. The lowest BCUT2D eigenvalue weighted by atomic mass is 10.1. The summed E-state index contributed by atoms with van der Waals surface area (Å²) in [6.07, 6.45) is 3.99. The number of phenolic OH excluding ortho intramolecular Hbond substituents is 1. The number of likely N-dealkylation sites (tertiary alicyclic amines) is 1. The monoisotopic (exact) mass is 462 g/mol. The molecule has 1 aromatic carbocycles. The summed E-state index contributed by atoms with van der Waals surface area (Å²) in [5.41, 5.74) is 0.946. The van der Waals surface area contributed by atoms with Crippen molar-refractivity contribution in [2.45, 2.75) is 32.7 Å². The number of phenols is 1. The van der Waals surface area contributed by atoms with Crippen LogP contribution in [0.5, 0.6) is 11.5 Å². The predicted octanol–water partition coefficient (Wildman–Crippen LogP) is 2.56. The first kappa shape index (κ1) is 21.8. The zero-order valence-electron chi connectivity index (χ0n) is 15.3. The van der Waals surface area contributed by atoms with Gasteiger partial charge < -0.3 is 25.4 Å². The molecule has 142 valence electrons. The second kappa shape index (κ2) is 12.2. The summed E-state index contributed by atoms with van der Waals surface area (Å²) in [4.78, 5) is 7.09. The number of aromatic hydroxyl groups is 1. The lowest BCUT2D eigenvalue weighted by Gasteiger charge is -2.26. The van der Waals surface area contributed by atoms with Gasteiger partial charge in [0.1, 0.15) is 0 Å². The van der Waals surface area contributed by atoms with Crippen molar-refractivity contribution in [2.24, 2.45) is 4.99 Å². The van der Waals surface area contributed by atoms with E-state index < -0.39 is 0 Å². The van der Waals surface area contributed by atoms with Crippen LogP contribution in [0.4, 0.5) is 0 Å². The molecule has 0 aliphatic carbocycles. The second-order valence-corrected chi connectivity index (χ2v) is 6.03. The van der Waals surface area contributed by atoms with E-state index in [0.717, 1.165) is 31.2 Å². The maximum Gasteiger partial charge on any atom is 0.191 e. The lowest BCUT2D eigenvalue weighted by molar-refractivity contribution is 0.232. The highest BCUT2D eigenvalue weighted by atomic mass is 127. The largest absolute Gasteiger partial charge is 0.504 e. The highest BCUT2D eigenvalue weighted by Crippen LogP contribution is 2.26. The molecule has 0 radical (unpaired) electrons. The molecule has 25 heavy (non-hydrogen) atoms. The van der Waals surface area contributed by atoms with Crippen LogP contribution < -0.4 is 15.4 Å². The Morgan fingerprint density at radius 1 is 1.24 bits per heavy atom. The van der Waals surface area contributed by atoms with E-state index in [9.17, 15) is 5.11 Å². The highest BCUT2D eigenvalue weighted by molar-refractivity contribution is 14.0. The van der Waals surface area contributed by atoms with Crippen molar-refractivity contribution >= 4 is 29.9 Å². The van der Waals surface area contributed by atoms with E-state index in [-0.39, 0.29) is 29.7 Å². The van der Waals surface area contributed by atoms with Crippen LogP contribution in [0.1, 0.15) is 31.7 Å². The van der Waals surface area contributed by atoms with Crippen molar-refractivity contribution in [1.82, 2.24) is 15.5 Å². The van der Waals surface area contributed by atoms with Gasteiger partial charge in [0, 0.05) is 19.6 Å². The van der Waals surface area contributed by atoms with E-state index in [1.165, 1.54) is 32.4 Å². The molecule has 2 rings (SSSR count). The summed E-state index contributed by atoms with van der Waals surface area (Å²) in [5, 5.41) is 16.5. The van der Waals surface area contributed by atoms with Crippen LogP contribution in [0.25, 0.3) is 0 Å². The summed E-state index contributed by atoms with van der Waals surface area (Å²) in [6.45, 7) is 7.75. The second-order valence-electron chi connectivity index (χ2n) is 6.03. The van der Waals surface area contributed by atoms with Gasteiger partial charge in [0.2, 0.25) is 0 Å². The third-order valence-corrected chi connectivity index (χ3v) is 4.18. The molecule has 0 atom stereocenters. The van der Waals surface area contributed by atoms with Gasteiger partial charge in [-0.25, -0.2) is 4.99 Å². The number of halogens is 1. The van der Waals surface area contributed by atoms with E-state index in [1.54, 1.807) is 19.2 Å². The maximum absolute atomic E-state index is 9.84. The first-order valence-corrected chi connectivity index (χ1v) is 8.83. The van der Waals surface area contributed by atoms with Crippen molar-refractivity contribution in [1.29, 1.82) is 0 Å². The number of rotatable bonds is 7. The molecule has 1 aromatic rings. The van der Waals surface area contributed by atoms with Gasteiger partial charge in [-0.15, -0.1) is 24.0 Å². The average molecular weight is 462 g/mol. The number of piperidine rings is 1. The summed E-state index contributed by atoms with van der Waals surface area (Å²) < 4.78 is 5.06. The smallest absolute Gasteiger partial charge is 0.191 e. The summed E-state index contributed by atoms with van der Waals surface area (Å²) in [6, 6.07) is 5.37. The van der Waals surface area contributed by atoms with Crippen LogP contribution in [0.2, 0.25) is 0 Å². The Morgan fingerprint density at radius 2 is 2.00 bits per heavy atom. The Balaban J connectivity index is 0.00000312. The van der Waals surface area contributed by atoms with Crippen molar-refractivity contribution in [3.05, 3.63) is 23.8 Å². The number of nitrogens with zero attached hydrogens (tertiary/aromatic N) is 2. The maximum atomic E-state index is 9.84. The number of nitrogens with one attached hydrogen (secondary N) is 2. The van der Waals surface area contributed by atoms with Crippen LogP contribution in [-0.2, 0) is 6.54 Å². The normalized spacial score (nSPS) is 15.4. The minimum atomic E-state index is 0. The number of guanidine groups is 1. The molecule has 1 fully saturated rings. The highest BCUT2D eigenvalue weighted by Gasteiger charge is 2.09. The fourth-order valence-electron chi connectivity index (χ4n) is 2.86. The summed E-state index contributed by atoms with van der Waals surface area (Å²) in [7, 11) is 1.54. The minimum Gasteiger partial charge on any atom is -0.504 e. The Labute approximate surface area is 168 Å². The Hall–Kier alpha value is -1.22. The van der Waals surface area contributed by atoms with Crippen LogP contribution in [0.3, 0.4) is 0 Å². The van der Waals surface area contributed by atoms with Crippen molar-refractivity contribution in [3.63, 3.8) is 0 Å². The van der Waals surface area contributed by atoms with Gasteiger partial charge in [-0.3, -0.25) is 0 Å². The molecular formula is C18H31IN4O2. The van der Waals surface area contributed by atoms with Crippen LogP contribution in [-0.4, -0.2) is 55.8 Å². The minimum absolute atomic E-state index is 0. The van der Waals surface area contributed by atoms with Gasteiger partial charge in [0.25, 0.3) is 0 Å². The quantitative estimate of drug-likeness (QED) is 0.330. The van der Waals surface area contributed by atoms with E-state index in [4.69, 9.17) is 4.74 Å². The van der Waals surface area contributed by atoms with Gasteiger partial charge in [-0.05, 0) is 50.6 Å². The molecule has 0 amide bonds. The Kier molecular flexibility index (Phi) is 10.6. The Bertz CT molecular complexity index is 534. The van der Waals surface area contributed by atoms with Gasteiger partial charge >= 0.3 is 0 Å². The number of benzene rings is 1. The number of aliphatic imine (C=N–C) groups is 1. The van der Waals surface area contributed by atoms with Gasteiger partial charge in [0.15, 0.2) is 17.5 Å². The molecule has 1 heterocycles. The molecule has 0 unspecified atom stereocenters. The van der Waals surface area contributed by atoms with Crippen LogP contribution in [0.15, 0.2) is 23.2 Å². The van der Waals surface area contributed by atoms with E-state index in [2.05, 4.69) is 27.4 Å².